The largest absolute Gasteiger partial charge is 0.385 e. The van der Waals surface area contributed by atoms with Crippen LogP contribution in [0.2, 0.25) is 0 Å². The number of carbonyl (C=O) groups is 1. The Bertz CT molecular complexity index is 364. The Morgan fingerprint density at radius 2 is 1.76 bits per heavy atom. The van der Waals surface area contributed by atoms with Crippen molar-refractivity contribution in [2.75, 3.05) is 80.8 Å². The van der Waals surface area contributed by atoms with Crippen molar-refractivity contribution in [3.8, 4) is 0 Å². The predicted molar refractivity (Wildman–Crippen MR) is 102 cm³/mol. The lowest BCUT2D eigenvalue weighted by atomic mass is 10.4. The molecular formula is C17H37N5O3. The van der Waals surface area contributed by atoms with Crippen LogP contribution in [0, 0.1) is 0 Å². The zero-order valence-electron chi connectivity index (χ0n) is 16.6. The maximum atomic E-state index is 11.7. The summed E-state index contributed by atoms with van der Waals surface area (Å²) in [6.45, 7) is 7.74. The van der Waals surface area contributed by atoms with Gasteiger partial charge in [0.1, 0.15) is 6.54 Å². The minimum absolute atomic E-state index is 0.0212. The molecular weight excluding hydrogens is 322 g/mol. The lowest BCUT2D eigenvalue weighted by Crippen LogP contribution is -2.42. The Morgan fingerprint density at radius 3 is 2.40 bits per heavy atom. The van der Waals surface area contributed by atoms with Gasteiger partial charge in [0.15, 0.2) is 5.96 Å². The van der Waals surface area contributed by atoms with Gasteiger partial charge in [0.2, 0.25) is 5.91 Å². The van der Waals surface area contributed by atoms with Crippen LogP contribution < -0.4 is 10.6 Å². The second kappa shape index (κ2) is 16.1. The third-order valence-electron chi connectivity index (χ3n) is 3.51. The maximum Gasteiger partial charge on any atom is 0.243 e. The van der Waals surface area contributed by atoms with Crippen molar-refractivity contribution in [3.63, 3.8) is 0 Å². The van der Waals surface area contributed by atoms with Crippen LogP contribution in [-0.4, -0.2) is 102 Å². The van der Waals surface area contributed by atoms with Crippen molar-refractivity contribution >= 4 is 11.9 Å². The molecule has 0 saturated carbocycles. The zero-order chi connectivity index (χ0) is 18.9. The molecule has 0 bridgehead atoms. The number of likely N-dealkylation sites (N-methyl/N-ethyl adjacent to an activating group) is 2. The van der Waals surface area contributed by atoms with Crippen molar-refractivity contribution < 1.29 is 14.3 Å². The van der Waals surface area contributed by atoms with E-state index in [1.807, 2.05) is 6.92 Å². The molecule has 8 heteroatoms. The van der Waals surface area contributed by atoms with E-state index in [0.29, 0.717) is 5.96 Å². The van der Waals surface area contributed by atoms with Gasteiger partial charge in [-0.3, -0.25) is 4.79 Å². The van der Waals surface area contributed by atoms with E-state index in [2.05, 4.69) is 27.6 Å². The summed E-state index contributed by atoms with van der Waals surface area (Å²) in [5, 5.41) is 6.53. The quantitative estimate of drug-likeness (QED) is 0.258. The average Bonchev–Trinajstić information content (AvgIpc) is 2.58. The average molecular weight is 360 g/mol. The van der Waals surface area contributed by atoms with E-state index in [0.717, 1.165) is 58.8 Å². The SMILES string of the molecule is CCOCCCNC(=NCC(=O)N(C)C)NCCN(C)CCCOC. The summed E-state index contributed by atoms with van der Waals surface area (Å²) in [4.78, 5) is 19.9. The molecule has 0 heterocycles. The molecule has 0 aliphatic rings. The molecule has 2 N–H and O–H groups in total. The zero-order valence-corrected chi connectivity index (χ0v) is 16.6. The molecule has 0 radical (unpaired) electrons. The van der Waals surface area contributed by atoms with Gasteiger partial charge in [-0.15, -0.1) is 0 Å². The molecule has 0 fully saturated rings. The molecule has 148 valence electrons. The van der Waals surface area contributed by atoms with Crippen LogP contribution in [0.3, 0.4) is 0 Å². The normalized spacial score (nSPS) is 11.7. The van der Waals surface area contributed by atoms with E-state index in [-0.39, 0.29) is 12.5 Å². The highest BCUT2D eigenvalue weighted by Gasteiger charge is 2.05. The second-order valence-corrected chi connectivity index (χ2v) is 6.01. The van der Waals surface area contributed by atoms with Crippen LogP contribution in [0.25, 0.3) is 0 Å². The van der Waals surface area contributed by atoms with E-state index in [1.54, 1.807) is 26.1 Å². The maximum absolute atomic E-state index is 11.7. The summed E-state index contributed by atoms with van der Waals surface area (Å²) in [6, 6.07) is 0. The van der Waals surface area contributed by atoms with Crippen LogP contribution in [0.15, 0.2) is 4.99 Å². The highest BCUT2D eigenvalue weighted by Crippen LogP contribution is 1.88. The van der Waals surface area contributed by atoms with E-state index < -0.39 is 0 Å². The van der Waals surface area contributed by atoms with Gasteiger partial charge in [-0.2, -0.15) is 0 Å². The monoisotopic (exact) mass is 359 g/mol. The Balaban J connectivity index is 4.23. The van der Waals surface area contributed by atoms with Crippen molar-refractivity contribution in [2.24, 2.45) is 4.99 Å². The first kappa shape index (κ1) is 23.6. The van der Waals surface area contributed by atoms with Gasteiger partial charge in [0.05, 0.1) is 0 Å². The summed E-state index contributed by atoms with van der Waals surface area (Å²) >= 11 is 0. The number of amides is 1. The fourth-order valence-corrected chi connectivity index (χ4v) is 1.94. The fourth-order valence-electron chi connectivity index (χ4n) is 1.94. The van der Waals surface area contributed by atoms with Crippen LogP contribution in [0.1, 0.15) is 19.8 Å². The van der Waals surface area contributed by atoms with E-state index in [1.165, 1.54) is 0 Å². The predicted octanol–water partition coefficient (Wildman–Crippen LogP) is 0.00470. The number of ether oxygens (including phenoxy) is 2. The highest BCUT2D eigenvalue weighted by atomic mass is 16.5. The first-order chi connectivity index (χ1) is 12.0. The second-order valence-electron chi connectivity index (χ2n) is 6.01. The summed E-state index contributed by atoms with van der Waals surface area (Å²) < 4.78 is 10.4. The van der Waals surface area contributed by atoms with Gasteiger partial charge in [0, 0.05) is 67.2 Å². The first-order valence-corrected chi connectivity index (χ1v) is 8.98. The van der Waals surface area contributed by atoms with Gasteiger partial charge in [-0.25, -0.2) is 4.99 Å². The van der Waals surface area contributed by atoms with Crippen LogP contribution >= 0.6 is 0 Å². The number of methoxy groups -OCH3 is 1. The molecule has 0 rings (SSSR count). The number of nitrogens with one attached hydrogen (secondary N) is 2. The number of guanidine groups is 1. The minimum atomic E-state index is -0.0212. The van der Waals surface area contributed by atoms with Crippen molar-refractivity contribution in [1.29, 1.82) is 0 Å². The number of hydrogen-bond donors (Lipinski definition) is 2. The van der Waals surface area contributed by atoms with E-state index in [9.17, 15) is 4.79 Å². The van der Waals surface area contributed by atoms with Gasteiger partial charge < -0.3 is 29.9 Å². The molecule has 0 atom stereocenters. The molecule has 25 heavy (non-hydrogen) atoms. The molecule has 8 nitrogen and oxygen atoms in total. The summed E-state index contributed by atoms with van der Waals surface area (Å²) in [7, 11) is 7.26. The molecule has 0 aromatic rings. The first-order valence-electron chi connectivity index (χ1n) is 8.98. The lowest BCUT2D eigenvalue weighted by molar-refractivity contribution is -0.127. The molecule has 0 aliphatic carbocycles. The number of nitrogens with zero attached hydrogens (tertiary/aromatic N) is 3. The molecule has 0 saturated heterocycles. The summed E-state index contributed by atoms with van der Waals surface area (Å²) in [5.74, 6) is 0.643. The van der Waals surface area contributed by atoms with Gasteiger partial charge >= 0.3 is 0 Å². The Kier molecular flexibility index (Phi) is 15.2. The molecule has 0 aliphatic heterocycles. The number of carbonyl (C=O) groups excluding carboxylic acids is 1. The standard InChI is InChI=1S/C17H37N5O3/c1-6-25-14-7-9-18-17(20-15-16(23)21(2)3)19-10-12-22(4)11-8-13-24-5/h6-15H2,1-5H3,(H2,18,19,20). The third-order valence-corrected chi connectivity index (χ3v) is 3.51. The fraction of sp³-hybridized carbons (Fsp3) is 0.882. The molecule has 0 aromatic heterocycles. The molecule has 0 unspecified atom stereocenters. The van der Waals surface area contributed by atoms with E-state index in [4.69, 9.17) is 9.47 Å². The van der Waals surface area contributed by atoms with Crippen LogP contribution in [0.5, 0.6) is 0 Å². The van der Waals surface area contributed by atoms with Gasteiger partial charge in [-0.05, 0) is 26.8 Å². The summed E-state index contributed by atoms with van der Waals surface area (Å²) in [5.41, 5.74) is 0. The molecule has 0 aromatic carbocycles. The Labute approximate surface area is 152 Å². The van der Waals surface area contributed by atoms with Gasteiger partial charge in [-0.1, -0.05) is 0 Å². The number of aliphatic imine (C=N–C) groups is 1. The van der Waals surface area contributed by atoms with E-state index >= 15 is 0 Å². The van der Waals surface area contributed by atoms with Crippen molar-refractivity contribution in [1.82, 2.24) is 20.4 Å². The smallest absolute Gasteiger partial charge is 0.243 e. The molecule has 0 spiro atoms. The minimum Gasteiger partial charge on any atom is -0.385 e. The highest BCUT2D eigenvalue weighted by molar-refractivity contribution is 5.84. The Hall–Kier alpha value is -1.38. The van der Waals surface area contributed by atoms with Crippen molar-refractivity contribution in [2.45, 2.75) is 19.8 Å². The van der Waals surface area contributed by atoms with Crippen LogP contribution in [-0.2, 0) is 14.3 Å². The number of hydrogen-bond acceptors (Lipinski definition) is 5. The summed E-state index contributed by atoms with van der Waals surface area (Å²) in [6.07, 6.45) is 1.91. The van der Waals surface area contributed by atoms with Crippen molar-refractivity contribution in [3.05, 3.63) is 0 Å². The lowest BCUT2D eigenvalue weighted by Gasteiger charge is -2.18. The number of rotatable bonds is 14. The van der Waals surface area contributed by atoms with Crippen LogP contribution in [0.4, 0.5) is 0 Å². The van der Waals surface area contributed by atoms with Gasteiger partial charge in [0.25, 0.3) is 0 Å². The third kappa shape index (κ3) is 14.7. The Morgan fingerprint density at radius 1 is 1.04 bits per heavy atom. The topological polar surface area (TPSA) is 78.4 Å². The molecule has 1 amide bonds.